The SMILES string of the molecule is COC(=O)c1ccc(CN2C(=O)CC[C@@H]2CO)s1. The monoisotopic (exact) mass is 269 g/mol. The fourth-order valence-electron chi connectivity index (χ4n) is 2.04. The second-order valence-corrected chi connectivity index (χ2v) is 5.32. The lowest BCUT2D eigenvalue weighted by molar-refractivity contribution is -0.130. The number of carbonyl (C=O) groups is 2. The van der Waals surface area contributed by atoms with Crippen LogP contribution < -0.4 is 0 Å². The van der Waals surface area contributed by atoms with Crippen molar-refractivity contribution in [1.82, 2.24) is 4.90 Å². The zero-order chi connectivity index (χ0) is 13.1. The van der Waals surface area contributed by atoms with E-state index in [1.807, 2.05) is 6.07 Å². The number of aliphatic hydroxyl groups excluding tert-OH is 1. The van der Waals surface area contributed by atoms with Gasteiger partial charge in [-0.1, -0.05) is 0 Å². The zero-order valence-corrected chi connectivity index (χ0v) is 10.9. The van der Waals surface area contributed by atoms with Crippen molar-refractivity contribution in [3.05, 3.63) is 21.9 Å². The van der Waals surface area contributed by atoms with Crippen molar-refractivity contribution < 1.29 is 19.4 Å². The van der Waals surface area contributed by atoms with E-state index in [0.29, 0.717) is 24.3 Å². The van der Waals surface area contributed by atoms with Crippen molar-refractivity contribution in [3.63, 3.8) is 0 Å². The average Bonchev–Trinajstić information content (AvgIpc) is 2.97. The number of thiophene rings is 1. The lowest BCUT2D eigenvalue weighted by Gasteiger charge is -2.22. The molecule has 0 saturated carbocycles. The maximum atomic E-state index is 11.7. The van der Waals surface area contributed by atoms with Gasteiger partial charge in [0.05, 0.1) is 26.3 Å². The number of hydrogen-bond acceptors (Lipinski definition) is 5. The fourth-order valence-corrected chi connectivity index (χ4v) is 2.97. The Morgan fingerprint density at radius 2 is 2.39 bits per heavy atom. The maximum absolute atomic E-state index is 11.7. The third kappa shape index (κ3) is 2.54. The number of ether oxygens (including phenoxy) is 1. The molecule has 1 aromatic rings. The van der Waals surface area contributed by atoms with E-state index in [1.54, 1.807) is 11.0 Å². The molecule has 0 radical (unpaired) electrons. The zero-order valence-electron chi connectivity index (χ0n) is 10.1. The van der Waals surface area contributed by atoms with E-state index in [4.69, 9.17) is 0 Å². The summed E-state index contributed by atoms with van der Waals surface area (Å²) in [6.07, 6.45) is 1.19. The van der Waals surface area contributed by atoms with Gasteiger partial charge in [0.2, 0.25) is 5.91 Å². The molecule has 0 unspecified atom stereocenters. The Kier molecular flexibility index (Phi) is 3.98. The molecular weight excluding hydrogens is 254 g/mol. The Bertz CT molecular complexity index is 457. The van der Waals surface area contributed by atoms with E-state index in [1.165, 1.54) is 18.4 Å². The third-order valence-electron chi connectivity index (χ3n) is 3.04. The largest absolute Gasteiger partial charge is 0.465 e. The highest BCUT2D eigenvalue weighted by molar-refractivity contribution is 7.13. The van der Waals surface area contributed by atoms with Gasteiger partial charge in [0.1, 0.15) is 4.88 Å². The molecule has 1 fully saturated rings. The lowest BCUT2D eigenvalue weighted by Crippen LogP contribution is -2.34. The molecule has 1 N–H and O–H groups in total. The number of hydrogen-bond donors (Lipinski definition) is 1. The number of aliphatic hydroxyl groups is 1. The van der Waals surface area contributed by atoms with Crippen LogP contribution in [0.2, 0.25) is 0 Å². The molecule has 6 heteroatoms. The van der Waals surface area contributed by atoms with E-state index < -0.39 is 0 Å². The molecule has 0 bridgehead atoms. The van der Waals surface area contributed by atoms with Crippen LogP contribution in [0.4, 0.5) is 0 Å². The van der Waals surface area contributed by atoms with Gasteiger partial charge in [-0.05, 0) is 18.6 Å². The molecule has 5 nitrogen and oxygen atoms in total. The van der Waals surface area contributed by atoms with E-state index in [0.717, 1.165) is 4.88 Å². The normalized spacial score (nSPS) is 19.3. The first-order valence-electron chi connectivity index (χ1n) is 5.73. The molecule has 1 atom stereocenters. The first-order valence-corrected chi connectivity index (χ1v) is 6.54. The van der Waals surface area contributed by atoms with E-state index in [-0.39, 0.29) is 24.5 Å². The van der Waals surface area contributed by atoms with E-state index >= 15 is 0 Å². The topological polar surface area (TPSA) is 66.8 Å². The van der Waals surface area contributed by atoms with Crippen LogP contribution in [-0.2, 0) is 16.1 Å². The van der Waals surface area contributed by atoms with Crippen LogP contribution in [-0.4, -0.2) is 41.6 Å². The molecule has 1 aliphatic heterocycles. The summed E-state index contributed by atoms with van der Waals surface area (Å²) in [5.74, 6) is -0.306. The van der Waals surface area contributed by atoms with Crippen LogP contribution in [0.25, 0.3) is 0 Å². The molecule has 0 aliphatic carbocycles. The van der Waals surface area contributed by atoms with Gasteiger partial charge in [-0.25, -0.2) is 4.79 Å². The van der Waals surface area contributed by atoms with Gasteiger partial charge < -0.3 is 14.7 Å². The molecule has 1 aromatic heterocycles. The molecule has 1 amide bonds. The minimum Gasteiger partial charge on any atom is -0.465 e. The molecule has 18 heavy (non-hydrogen) atoms. The van der Waals surface area contributed by atoms with Crippen LogP contribution in [0, 0.1) is 0 Å². The molecule has 0 aromatic carbocycles. The standard InChI is InChI=1S/C12H15NO4S/c1-17-12(16)10-4-3-9(18-10)6-13-8(7-14)2-5-11(13)15/h3-4,8,14H,2,5-7H2,1H3/t8-/m1/s1. The van der Waals surface area contributed by atoms with Crippen molar-refractivity contribution in [2.24, 2.45) is 0 Å². The van der Waals surface area contributed by atoms with Crippen molar-refractivity contribution >= 4 is 23.2 Å². The average molecular weight is 269 g/mol. The highest BCUT2D eigenvalue weighted by atomic mass is 32.1. The van der Waals surface area contributed by atoms with Gasteiger partial charge in [0, 0.05) is 11.3 Å². The molecule has 1 saturated heterocycles. The second kappa shape index (κ2) is 5.49. The minimum atomic E-state index is -0.363. The summed E-state index contributed by atoms with van der Waals surface area (Å²) in [6.45, 7) is 0.437. The van der Waals surface area contributed by atoms with Crippen molar-refractivity contribution in [3.8, 4) is 0 Å². The molecule has 2 heterocycles. The lowest BCUT2D eigenvalue weighted by atomic mass is 10.2. The summed E-state index contributed by atoms with van der Waals surface area (Å²) in [5.41, 5.74) is 0. The predicted molar refractivity (Wildman–Crippen MR) is 66.3 cm³/mol. The Morgan fingerprint density at radius 3 is 3.06 bits per heavy atom. The van der Waals surface area contributed by atoms with Gasteiger partial charge in [0.15, 0.2) is 0 Å². The summed E-state index contributed by atoms with van der Waals surface area (Å²) < 4.78 is 4.63. The first kappa shape index (κ1) is 13.0. The molecule has 1 aliphatic rings. The summed E-state index contributed by atoms with van der Waals surface area (Å²) in [7, 11) is 1.34. The van der Waals surface area contributed by atoms with Crippen LogP contribution in [0.3, 0.4) is 0 Å². The molecule has 2 rings (SSSR count). The Balaban J connectivity index is 2.07. The van der Waals surface area contributed by atoms with Crippen LogP contribution >= 0.6 is 11.3 Å². The van der Waals surface area contributed by atoms with E-state index in [9.17, 15) is 14.7 Å². The molecular formula is C12H15NO4S. The summed E-state index contributed by atoms with van der Waals surface area (Å²) >= 11 is 1.32. The molecule has 0 spiro atoms. The van der Waals surface area contributed by atoms with Crippen LogP contribution in [0.1, 0.15) is 27.4 Å². The number of methoxy groups -OCH3 is 1. The quantitative estimate of drug-likeness (QED) is 0.829. The highest BCUT2D eigenvalue weighted by Gasteiger charge is 2.30. The van der Waals surface area contributed by atoms with Crippen molar-refractivity contribution in [1.29, 1.82) is 0 Å². The molecule has 98 valence electrons. The maximum Gasteiger partial charge on any atom is 0.348 e. The van der Waals surface area contributed by atoms with E-state index in [2.05, 4.69) is 4.74 Å². The van der Waals surface area contributed by atoms with Crippen LogP contribution in [0.15, 0.2) is 12.1 Å². The van der Waals surface area contributed by atoms with Gasteiger partial charge >= 0.3 is 5.97 Å². The predicted octanol–water partition coefficient (Wildman–Crippen LogP) is 1.02. The van der Waals surface area contributed by atoms with Gasteiger partial charge in [-0.15, -0.1) is 11.3 Å². The smallest absolute Gasteiger partial charge is 0.348 e. The summed E-state index contributed by atoms with van der Waals surface area (Å²) in [4.78, 5) is 26.1. The van der Waals surface area contributed by atoms with Gasteiger partial charge in [0.25, 0.3) is 0 Å². The summed E-state index contributed by atoms with van der Waals surface area (Å²) in [5, 5.41) is 9.20. The second-order valence-electron chi connectivity index (χ2n) is 4.15. The Labute approximate surface area is 109 Å². The van der Waals surface area contributed by atoms with Crippen LogP contribution in [0.5, 0.6) is 0 Å². The number of nitrogens with zero attached hydrogens (tertiary/aromatic N) is 1. The number of amides is 1. The number of likely N-dealkylation sites (tertiary alicyclic amines) is 1. The van der Waals surface area contributed by atoms with Crippen molar-refractivity contribution in [2.75, 3.05) is 13.7 Å². The van der Waals surface area contributed by atoms with Gasteiger partial charge in [-0.3, -0.25) is 4.79 Å². The Hall–Kier alpha value is -1.40. The third-order valence-corrected chi connectivity index (χ3v) is 4.09. The van der Waals surface area contributed by atoms with Gasteiger partial charge in [-0.2, -0.15) is 0 Å². The first-order chi connectivity index (χ1) is 8.65. The fraction of sp³-hybridized carbons (Fsp3) is 0.500. The minimum absolute atomic E-state index is 0.0129. The highest BCUT2D eigenvalue weighted by Crippen LogP contribution is 2.25. The number of rotatable bonds is 4. The summed E-state index contributed by atoms with van der Waals surface area (Å²) in [6, 6.07) is 3.42. The Morgan fingerprint density at radius 1 is 1.61 bits per heavy atom. The van der Waals surface area contributed by atoms with Crippen molar-refractivity contribution in [2.45, 2.75) is 25.4 Å². The number of esters is 1. The number of carbonyl (C=O) groups excluding carboxylic acids is 2.